The third-order valence-electron chi connectivity index (χ3n) is 12.9. The lowest BCUT2D eigenvalue weighted by Gasteiger charge is -2.43. The summed E-state index contributed by atoms with van der Waals surface area (Å²) in [6.07, 6.45) is -3.43. The van der Waals surface area contributed by atoms with Gasteiger partial charge in [-0.05, 0) is 80.2 Å². The maximum absolute atomic E-state index is 15.1. The topological polar surface area (TPSA) is 296 Å². The van der Waals surface area contributed by atoms with Crippen LogP contribution >= 0.6 is 0 Å². The summed E-state index contributed by atoms with van der Waals surface area (Å²) in [4.78, 5) is 129. The van der Waals surface area contributed by atoms with Crippen molar-refractivity contribution in [2.24, 2.45) is 11.7 Å². The minimum absolute atomic E-state index is 0.0115. The number of primary amides is 1. The van der Waals surface area contributed by atoms with Crippen molar-refractivity contribution in [2.75, 3.05) is 7.05 Å². The Hall–Kier alpha value is -7.35. The molecule has 388 valence electrons. The van der Waals surface area contributed by atoms with Gasteiger partial charge in [0.2, 0.25) is 47.3 Å². The number of fused-ring (bicyclic) bond motifs is 2. The van der Waals surface area contributed by atoms with Crippen molar-refractivity contribution in [1.29, 1.82) is 0 Å². The van der Waals surface area contributed by atoms with Gasteiger partial charge in [-0.2, -0.15) is 0 Å². The molecule has 0 spiro atoms. The number of phenols is 1. The predicted molar refractivity (Wildman–Crippen MR) is 263 cm³/mol. The van der Waals surface area contributed by atoms with Crippen LogP contribution in [-0.4, -0.2) is 135 Å². The molecular weight excluding hydrogens is 929 g/mol. The van der Waals surface area contributed by atoms with Crippen molar-refractivity contribution in [3.05, 3.63) is 102 Å². The Bertz CT molecular complexity index is 2390. The van der Waals surface area contributed by atoms with Crippen molar-refractivity contribution in [2.45, 2.75) is 147 Å². The molecule has 72 heavy (non-hydrogen) atoms. The molecule has 2 aliphatic heterocycles. The molecular formula is C52H68N8O12. The molecule has 0 radical (unpaired) electrons. The Morgan fingerprint density at radius 2 is 1.39 bits per heavy atom. The average molecular weight is 997 g/mol. The fourth-order valence-corrected chi connectivity index (χ4v) is 8.72. The highest BCUT2D eigenvalue weighted by atomic mass is 16.5. The number of carbonyl (C=O) groups is 9. The number of ether oxygens (including phenoxy) is 1. The first-order valence-electron chi connectivity index (χ1n) is 24.4. The SMILES string of the molecule is CCCC(=O)NC(CCC(N)=O)C(=O)NC1C(=O)NC(CCc2ccc(O)cc2)C(=O)NC2CCC(O)N(C2=O)C(Cc2ccccc2)C(=O)N(C)C(Cc2ccccc2)C(=O)NC(C(C)C)C(=O)OC1C. The molecule has 3 aromatic carbocycles. The number of nitrogens with one attached hydrogen (secondary N) is 5. The zero-order valence-electron chi connectivity index (χ0n) is 41.4. The zero-order valence-corrected chi connectivity index (χ0v) is 41.4. The number of likely N-dealkylation sites (N-methyl/N-ethyl adjacent to an activating group) is 1. The maximum atomic E-state index is 15.1. The molecule has 0 aliphatic carbocycles. The van der Waals surface area contributed by atoms with Gasteiger partial charge >= 0.3 is 5.97 Å². The first kappa shape index (κ1) is 55.6. The summed E-state index contributed by atoms with van der Waals surface area (Å²) >= 11 is 0. The zero-order chi connectivity index (χ0) is 52.6. The number of aryl methyl sites for hydroxylation is 1. The molecule has 8 amide bonds. The highest BCUT2D eigenvalue weighted by Crippen LogP contribution is 2.26. The van der Waals surface area contributed by atoms with E-state index in [1.165, 1.54) is 31.0 Å². The highest BCUT2D eigenvalue weighted by molar-refractivity contribution is 5.98. The summed E-state index contributed by atoms with van der Waals surface area (Å²) in [5.74, 6) is -8.12. The summed E-state index contributed by atoms with van der Waals surface area (Å²) in [6, 6.07) is 13.6. The molecule has 2 saturated heterocycles. The molecule has 2 bridgehead atoms. The third kappa shape index (κ3) is 15.3. The van der Waals surface area contributed by atoms with Crippen LogP contribution in [0.2, 0.25) is 0 Å². The van der Waals surface area contributed by atoms with Crippen LogP contribution in [0.15, 0.2) is 84.9 Å². The van der Waals surface area contributed by atoms with Crippen molar-refractivity contribution in [1.82, 2.24) is 36.4 Å². The fourth-order valence-electron chi connectivity index (χ4n) is 8.72. The second kappa shape index (κ2) is 26.2. The third-order valence-corrected chi connectivity index (χ3v) is 12.9. The predicted octanol–water partition coefficient (Wildman–Crippen LogP) is 1.04. The highest BCUT2D eigenvalue weighted by Gasteiger charge is 2.46. The van der Waals surface area contributed by atoms with E-state index < -0.39 is 114 Å². The number of nitrogens with zero attached hydrogens (tertiary/aromatic N) is 2. The van der Waals surface area contributed by atoms with E-state index in [1.807, 2.05) is 0 Å². The summed E-state index contributed by atoms with van der Waals surface area (Å²) in [7, 11) is 1.39. The van der Waals surface area contributed by atoms with Crippen LogP contribution in [0.3, 0.4) is 0 Å². The largest absolute Gasteiger partial charge is 0.508 e. The number of nitrogens with two attached hydrogens (primary N) is 1. The lowest BCUT2D eigenvalue weighted by Crippen LogP contribution is -2.65. The molecule has 20 heteroatoms. The van der Waals surface area contributed by atoms with Gasteiger partial charge in [-0.1, -0.05) is 93.6 Å². The maximum Gasteiger partial charge on any atom is 0.329 e. The van der Waals surface area contributed by atoms with Crippen LogP contribution in [0.25, 0.3) is 0 Å². The van der Waals surface area contributed by atoms with Gasteiger partial charge in [0.15, 0.2) is 0 Å². The molecule has 2 aliphatic rings. The minimum atomic E-state index is -1.79. The van der Waals surface area contributed by atoms with E-state index in [0.29, 0.717) is 23.1 Å². The van der Waals surface area contributed by atoms with E-state index in [9.17, 15) is 48.6 Å². The molecule has 9 N–H and O–H groups in total. The van der Waals surface area contributed by atoms with Gasteiger partial charge in [-0.25, -0.2) is 4.79 Å². The van der Waals surface area contributed by atoms with E-state index in [-0.39, 0.29) is 63.5 Å². The molecule has 3 aromatic rings. The van der Waals surface area contributed by atoms with Crippen LogP contribution in [0.1, 0.15) is 89.3 Å². The molecule has 2 heterocycles. The number of aromatic hydroxyl groups is 1. The molecule has 9 atom stereocenters. The Kier molecular flexibility index (Phi) is 20.2. The standard InChI is InChI=1S/C52H68N8O12/c1-6-13-42(63)54-36(24-26-41(53)62)47(66)58-45-31(4)72-52(71)44(30(2)3)57-48(67)39(28-33-14-9-7-10-15-33)59(5)51(70)40(29-34-16-11-8-12-17-34)60-43(64)27-25-38(50(60)69)56-46(65)37(55-49(45)68)23-20-32-18-21-35(61)22-19-32/h7-12,14-19,21-22,30-31,36-40,43-45,61,64H,6,13,20,23-29H2,1-5H3,(H2,53,62)(H,54,63)(H,55,68)(H,56,65)(H,57,67)(H,58,66). The first-order valence-corrected chi connectivity index (χ1v) is 24.4. The van der Waals surface area contributed by atoms with E-state index in [2.05, 4.69) is 26.6 Å². The number of aliphatic hydroxyl groups excluding tert-OH is 1. The van der Waals surface area contributed by atoms with Crippen molar-refractivity contribution >= 4 is 53.2 Å². The lowest BCUT2D eigenvalue weighted by molar-refractivity contribution is -0.165. The number of benzene rings is 3. The quantitative estimate of drug-likeness (QED) is 0.0935. The van der Waals surface area contributed by atoms with Crippen LogP contribution < -0.4 is 32.3 Å². The number of esters is 1. The molecule has 0 saturated carbocycles. The van der Waals surface area contributed by atoms with Gasteiger partial charge in [-0.3, -0.25) is 38.4 Å². The molecule has 9 unspecified atom stereocenters. The molecule has 5 rings (SSSR count). The lowest BCUT2D eigenvalue weighted by atomic mass is 9.95. The van der Waals surface area contributed by atoms with E-state index >= 15 is 4.79 Å². The number of rotatable bonds is 16. The van der Waals surface area contributed by atoms with Gasteiger partial charge in [0.1, 0.15) is 60.4 Å². The molecule has 0 aromatic heterocycles. The Labute approximate surface area is 419 Å². The minimum Gasteiger partial charge on any atom is -0.508 e. The number of hydrogen-bond donors (Lipinski definition) is 8. The smallest absolute Gasteiger partial charge is 0.329 e. The number of hydrogen-bond acceptors (Lipinski definition) is 12. The van der Waals surface area contributed by atoms with E-state index in [0.717, 1.165) is 4.90 Å². The second-order valence-electron chi connectivity index (χ2n) is 18.7. The van der Waals surface area contributed by atoms with Crippen LogP contribution in [-0.2, 0) is 67.2 Å². The number of cyclic esters (lactones) is 1. The van der Waals surface area contributed by atoms with Crippen LogP contribution in [0.4, 0.5) is 0 Å². The normalized spacial score (nSPS) is 24.1. The van der Waals surface area contributed by atoms with E-state index in [4.69, 9.17) is 10.5 Å². The summed E-state index contributed by atoms with van der Waals surface area (Å²) in [5, 5.41) is 34.8. The summed E-state index contributed by atoms with van der Waals surface area (Å²) in [6.45, 7) is 6.32. The van der Waals surface area contributed by atoms with Gasteiger partial charge < -0.3 is 57.1 Å². The Morgan fingerprint density at radius 3 is 1.97 bits per heavy atom. The molecule has 2 fully saturated rings. The Balaban J connectivity index is 1.63. The number of piperidine rings is 1. The van der Waals surface area contributed by atoms with Crippen LogP contribution in [0, 0.1) is 5.92 Å². The monoisotopic (exact) mass is 996 g/mol. The van der Waals surface area contributed by atoms with Gasteiger partial charge in [-0.15, -0.1) is 0 Å². The van der Waals surface area contributed by atoms with Crippen molar-refractivity contribution < 1.29 is 58.1 Å². The number of carbonyl (C=O) groups excluding carboxylic acids is 9. The Morgan fingerprint density at radius 1 is 0.778 bits per heavy atom. The number of aliphatic hydroxyl groups is 1. The van der Waals surface area contributed by atoms with Gasteiger partial charge in [0.05, 0.1) is 0 Å². The first-order chi connectivity index (χ1) is 34.3. The second-order valence-corrected chi connectivity index (χ2v) is 18.7. The fraction of sp³-hybridized carbons (Fsp3) is 0.481. The number of phenolic OH excluding ortho intramolecular Hbond substituents is 1. The van der Waals surface area contributed by atoms with Gasteiger partial charge in [0.25, 0.3) is 0 Å². The summed E-state index contributed by atoms with van der Waals surface area (Å²) in [5.41, 5.74) is 7.32. The number of amides is 8. The van der Waals surface area contributed by atoms with Gasteiger partial charge in [0, 0.05) is 32.7 Å². The average Bonchev–Trinajstić information content (AvgIpc) is 3.34. The van der Waals surface area contributed by atoms with Crippen molar-refractivity contribution in [3.8, 4) is 5.75 Å². The van der Waals surface area contributed by atoms with Crippen molar-refractivity contribution in [3.63, 3.8) is 0 Å². The molecule has 20 nitrogen and oxygen atoms in total. The summed E-state index contributed by atoms with van der Waals surface area (Å²) < 4.78 is 5.92. The van der Waals surface area contributed by atoms with E-state index in [1.54, 1.807) is 93.6 Å². The van der Waals surface area contributed by atoms with Crippen LogP contribution in [0.5, 0.6) is 5.75 Å².